The molecular weight excluding hydrogens is 346 g/mol. The number of thiazole rings is 1. The highest BCUT2D eigenvalue weighted by atomic mass is 32.1. The van der Waals surface area contributed by atoms with Crippen molar-refractivity contribution < 1.29 is 9.53 Å². The predicted molar refractivity (Wildman–Crippen MR) is 105 cm³/mol. The van der Waals surface area contributed by atoms with Crippen molar-refractivity contribution in [3.8, 4) is 10.6 Å². The molecule has 5 nitrogen and oxygen atoms in total. The van der Waals surface area contributed by atoms with Gasteiger partial charge in [0.1, 0.15) is 10.5 Å². The number of nitrogens with two attached hydrogens (primary N) is 1. The molecule has 1 amide bonds. The lowest BCUT2D eigenvalue weighted by Crippen LogP contribution is -2.75. The van der Waals surface area contributed by atoms with Crippen molar-refractivity contribution in [2.45, 2.75) is 45.3 Å². The molecule has 2 aromatic rings. The quantitative estimate of drug-likeness (QED) is 0.782. The molecule has 26 heavy (non-hydrogen) atoms. The fourth-order valence-electron chi connectivity index (χ4n) is 3.42. The molecule has 1 aromatic heterocycles. The van der Waals surface area contributed by atoms with Gasteiger partial charge in [-0.2, -0.15) is 0 Å². The number of rotatable bonds is 7. The number of ether oxygens (including phenoxy) is 1. The van der Waals surface area contributed by atoms with Crippen molar-refractivity contribution in [2.75, 3.05) is 13.2 Å². The molecule has 6 heteroatoms. The first-order chi connectivity index (χ1) is 12.4. The summed E-state index contributed by atoms with van der Waals surface area (Å²) in [5.41, 5.74) is 7.26. The molecule has 0 aliphatic heterocycles. The Morgan fingerprint density at radius 2 is 2.12 bits per heavy atom. The molecular formula is C20H27N3O2S. The Labute approximate surface area is 159 Å². The molecule has 1 aromatic carbocycles. The van der Waals surface area contributed by atoms with Crippen LogP contribution in [0.4, 0.5) is 0 Å². The molecule has 1 saturated carbocycles. The van der Waals surface area contributed by atoms with Crippen molar-refractivity contribution in [3.05, 3.63) is 41.4 Å². The number of aromatic nitrogens is 1. The Morgan fingerprint density at radius 1 is 1.38 bits per heavy atom. The van der Waals surface area contributed by atoms with Gasteiger partial charge in [0.15, 0.2) is 0 Å². The van der Waals surface area contributed by atoms with Gasteiger partial charge in [-0.05, 0) is 6.92 Å². The molecule has 1 fully saturated rings. The minimum absolute atomic E-state index is 0.0372. The summed E-state index contributed by atoms with van der Waals surface area (Å²) >= 11 is 1.62. The fourth-order valence-corrected chi connectivity index (χ4v) is 4.28. The number of nitrogens with one attached hydrogen (secondary N) is 1. The Kier molecular flexibility index (Phi) is 5.46. The van der Waals surface area contributed by atoms with Crippen LogP contribution in [0.2, 0.25) is 0 Å². The molecule has 0 radical (unpaired) electrons. The number of benzene rings is 1. The molecule has 0 spiro atoms. The van der Waals surface area contributed by atoms with E-state index in [1.54, 1.807) is 11.3 Å². The third-order valence-corrected chi connectivity index (χ3v) is 6.41. The van der Waals surface area contributed by atoms with E-state index in [2.05, 4.69) is 22.4 Å². The SMILES string of the molecule is CCOC1CC(N)(C(=O)NCCc2csc(-c3ccccc3)n2)C1(C)C. The van der Waals surface area contributed by atoms with Crippen LogP contribution in [0.5, 0.6) is 0 Å². The number of hydrogen-bond donors (Lipinski definition) is 2. The lowest BCUT2D eigenvalue weighted by molar-refractivity contribution is -0.170. The number of carbonyl (C=O) groups excluding carboxylic acids is 1. The van der Waals surface area contributed by atoms with Gasteiger partial charge in [0.25, 0.3) is 0 Å². The number of amides is 1. The third-order valence-electron chi connectivity index (χ3n) is 5.47. The highest BCUT2D eigenvalue weighted by Gasteiger charge is 2.62. The number of nitrogens with zero attached hydrogens (tertiary/aromatic N) is 1. The summed E-state index contributed by atoms with van der Waals surface area (Å²) in [4.78, 5) is 17.3. The van der Waals surface area contributed by atoms with E-state index in [4.69, 9.17) is 10.5 Å². The maximum absolute atomic E-state index is 12.6. The summed E-state index contributed by atoms with van der Waals surface area (Å²) in [5.74, 6) is -0.100. The average Bonchev–Trinajstić information content (AvgIpc) is 3.11. The first-order valence-corrected chi connectivity index (χ1v) is 9.95. The van der Waals surface area contributed by atoms with Crippen LogP contribution in [0.25, 0.3) is 10.6 Å². The van der Waals surface area contributed by atoms with Crippen LogP contribution >= 0.6 is 11.3 Å². The van der Waals surface area contributed by atoms with E-state index >= 15 is 0 Å². The molecule has 2 atom stereocenters. The van der Waals surface area contributed by atoms with E-state index in [0.29, 0.717) is 26.0 Å². The van der Waals surface area contributed by atoms with Crippen molar-refractivity contribution in [2.24, 2.45) is 11.1 Å². The summed E-state index contributed by atoms with van der Waals surface area (Å²) in [5, 5.41) is 6.03. The summed E-state index contributed by atoms with van der Waals surface area (Å²) in [6.07, 6.45) is 1.30. The first-order valence-electron chi connectivity index (χ1n) is 9.07. The van der Waals surface area contributed by atoms with Gasteiger partial charge in [-0.25, -0.2) is 4.98 Å². The lowest BCUT2D eigenvalue weighted by Gasteiger charge is -2.57. The highest BCUT2D eigenvalue weighted by molar-refractivity contribution is 7.13. The van der Waals surface area contributed by atoms with Crippen LogP contribution in [0.15, 0.2) is 35.7 Å². The smallest absolute Gasteiger partial charge is 0.240 e. The molecule has 3 N–H and O–H groups in total. The second-order valence-corrected chi connectivity index (χ2v) is 8.22. The van der Waals surface area contributed by atoms with Gasteiger partial charge < -0.3 is 15.8 Å². The highest BCUT2D eigenvalue weighted by Crippen LogP contribution is 2.49. The van der Waals surface area contributed by atoms with E-state index in [1.165, 1.54) is 0 Å². The van der Waals surface area contributed by atoms with Crippen LogP contribution in [-0.4, -0.2) is 35.7 Å². The van der Waals surface area contributed by atoms with Crippen molar-refractivity contribution in [3.63, 3.8) is 0 Å². The summed E-state index contributed by atoms with van der Waals surface area (Å²) in [6.45, 7) is 7.14. The summed E-state index contributed by atoms with van der Waals surface area (Å²) < 4.78 is 5.69. The maximum Gasteiger partial charge on any atom is 0.240 e. The van der Waals surface area contributed by atoms with Gasteiger partial charge in [-0.1, -0.05) is 44.2 Å². The monoisotopic (exact) mass is 373 g/mol. The Bertz CT molecular complexity index is 759. The van der Waals surface area contributed by atoms with Gasteiger partial charge in [0.2, 0.25) is 5.91 Å². The van der Waals surface area contributed by atoms with Gasteiger partial charge >= 0.3 is 0 Å². The second kappa shape index (κ2) is 7.47. The van der Waals surface area contributed by atoms with E-state index < -0.39 is 5.54 Å². The number of hydrogen-bond acceptors (Lipinski definition) is 5. The van der Waals surface area contributed by atoms with Crippen molar-refractivity contribution >= 4 is 17.2 Å². The van der Waals surface area contributed by atoms with Crippen molar-refractivity contribution in [1.29, 1.82) is 0 Å². The zero-order valence-corrected chi connectivity index (χ0v) is 16.4. The van der Waals surface area contributed by atoms with Crippen LogP contribution < -0.4 is 11.1 Å². The normalized spacial score (nSPS) is 24.1. The summed E-state index contributed by atoms with van der Waals surface area (Å²) in [7, 11) is 0. The molecule has 1 aliphatic carbocycles. The molecule has 2 unspecified atom stereocenters. The van der Waals surface area contributed by atoms with E-state index in [0.717, 1.165) is 16.3 Å². The Hall–Kier alpha value is -1.76. The zero-order chi connectivity index (χ0) is 18.8. The molecule has 0 bridgehead atoms. The lowest BCUT2D eigenvalue weighted by atomic mass is 9.54. The second-order valence-electron chi connectivity index (χ2n) is 7.36. The predicted octanol–water partition coefficient (Wildman–Crippen LogP) is 3.00. The molecule has 1 heterocycles. The van der Waals surface area contributed by atoms with Crippen LogP contribution in [0, 0.1) is 5.41 Å². The minimum Gasteiger partial charge on any atom is -0.378 e. The largest absolute Gasteiger partial charge is 0.378 e. The van der Waals surface area contributed by atoms with Crippen molar-refractivity contribution in [1.82, 2.24) is 10.3 Å². The van der Waals surface area contributed by atoms with Gasteiger partial charge in [0.05, 0.1) is 11.8 Å². The third kappa shape index (κ3) is 3.41. The molecule has 0 saturated heterocycles. The fraction of sp³-hybridized carbons (Fsp3) is 0.500. The minimum atomic E-state index is -0.871. The Morgan fingerprint density at radius 3 is 2.77 bits per heavy atom. The average molecular weight is 374 g/mol. The topological polar surface area (TPSA) is 77.2 Å². The Balaban J connectivity index is 1.53. The maximum atomic E-state index is 12.6. The van der Waals surface area contributed by atoms with Gasteiger partial charge in [0, 0.05) is 42.4 Å². The first kappa shape index (κ1) is 19.0. The number of carbonyl (C=O) groups is 1. The van der Waals surface area contributed by atoms with E-state index in [-0.39, 0.29) is 17.4 Å². The standard InChI is InChI=1S/C20H27N3O2S/c1-4-25-16-12-20(21,19(16,2)3)18(24)22-11-10-15-13-26-17(23-15)14-8-6-5-7-9-14/h5-9,13,16H,4,10-12,21H2,1-3H3,(H,22,24). The van der Waals surface area contributed by atoms with Gasteiger partial charge in [-0.3, -0.25) is 4.79 Å². The van der Waals surface area contributed by atoms with Crippen LogP contribution in [0.1, 0.15) is 32.9 Å². The summed E-state index contributed by atoms with van der Waals surface area (Å²) in [6, 6.07) is 10.1. The molecule has 1 aliphatic rings. The zero-order valence-electron chi connectivity index (χ0n) is 15.6. The van der Waals surface area contributed by atoms with Crippen LogP contribution in [0.3, 0.4) is 0 Å². The van der Waals surface area contributed by atoms with Crippen LogP contribution in [-0.2, 0) is 16.0 Å². The molecule has 140 valence electrons. The van der Waals surface area contributed by atoms with E-state index in [1.807, 2.05) is 44.4 Å². The van der Waals surface area contributed by atoms with Gasteiger partial charge in [-0.15, -0.1) is 11.3 Å². The molecule has 3 rings (SSSR count). The van der Waals surface area contributed by atoms with E-state index in [9.17, 15) is 4.79 Å².